The van der Waals surface area contributed by atoms with E-state index in [1.807, 2.05) is 52.0 Å². The molecule has 0 amide bonds. The minimum absolute atomic E-state index is 0. The molecule has 2 radical (unpaired) electrons. The Balaban J connectivity index is -0.000000142. The van der Waals surface area contributed by atoms with Gasteiger partial charge in [0.2, 0.25) is 0 Å². The third-order valence-corrected chi connectivity index (χ3v) is 4.20. The van der Waals surface area contributed by atoms with Crippen LogP contribution in [0.4, 0.5) is 11.4 Å². The van der Waals surface area contributed by atoms with Gasteiger partial charge in [-0.2, -0.15) is 28.9 Å². The molecule has 3 rings (SSSR count). The Morgan fingerprint density at radius 2 is 1.07 bits per heavy atom. The molecule has 2 unspecified atom stereocenters. The summed E-state index contributed by atoms with van der Waals surface area (Å²) in [5.74, 6) is 0. The van der Waals surface area contributed by atoms with Crippen LogP contribution in [-0.4, -0.2) is 57.1 Å². The van der Waals surface area contributed by atoms with Crippen LogP contribution in [-0.2, 0) is 97.7 Å². The van der Waals surface area contributed by atoms with Crippen molar-refractivity contribution in [1.29, 1.82) is 0 Å². The van der Waals surface area contributed by atoms with E-state index in [2.05, 4.69) is 38.7 Å². The van der Waals surface area contributed by atoms with Gasteiger partial charge in [-0.1, -0.05) is 70.2 Å². The molecule has 3 aromatic rings. The van der Waals surface area contributed by atoms with E-state index in [-0.39, 0.29) is 76.0 Å². The second kappa shape index (κ2) is 31.4. The third kappa shape index (κ3) is 27.6. The summed E-state index contributed by atoms with van der Waals surface area (Å²) < 4.78 is 63.6. The summed E-state index contributed by atoms with van der Waals surface area (Å²) in [7, 11) is -1.12. The maximum atomic E-state index is 10.8. The van der Waals surface area contributed by atoms with Crippen LogP contribution < -0.4 is 0 Å². The predicted molar refractivity (Wildman–Crippen MR) is 157 cm³/mol. The topological polar surface area (TPSA) is 178 Å². The fourth-order valence-electron chi connectivity index (χ4n) is 2.22. The summed E-state index contributed by atoms with van der Waals surface area (Å²) in [6.07, 6.45) is 2.39. The molecular weight excluding hydrogens is 730 g/mol. The maximum absolute atomic E-state index is 10.8. The first-order valence-electron chi connectivity index (χ1n) is 11.1. The minimum Gasteiger partial charge on any atom is -0.306 e. The van der Waals surface area contributed by atoms with Crippen LogP contribution in [0.3, 0.4) is 0 Å². The fraction of sp³-hybridized carbons (Fsp3) is 0.333. The van der Waals surface area contributed by atoms with E-state index in [1.54, 1.807) is 13.1 Å². The average molecular weight is 769 g/mol. The monoisotopic (exact) mass is 768 g/mol. The third-order valence-electron chi connectivity index (χ3n) is 3.30. The van der Waals surface area contributed by atoms with Crippen LogP contribution in [0.15, 0.2) is 92.1 Å². The van der Waals surface area contributed by atoms with Crippen LogP contribution in [0, 0.1) is 0 Å². The van der Waals surface area contributed by atoms with Crippen LogP contribution in [0.2, 0.25) is 0 Å². The zero-order valence-corrected chi connectivity index (χ0v) is 32.1. The van der Waals surface area contributed by atoms with Gasteiger partial charge in [0.1, 0.15) is 32.7 Å². The van der Waals surface area contributed by atoms with Crippen molar-refractivity contribution < 1.29 is 95.9 Å². The molecule has 0 saturated heterocycles. The largest absolute Gasteiger partial charge is 0.306 e. The molecule has 3 aromatic carbocycles. The zero-order valence-electron chi connectivity index (χ0n) is 24.0. The zero-order chi connectivity index (χ0) is 30.1. The van der Waals surface area contributed by atoms with Gasteiger partial charge in [0.25, 0.3) is 10.1 Å². The Morgan fingerprint density at radius 3 is 1.50 bits per heavy atom. The maximum Gasteiger partial charge on any atom is 0.296 e. The number of benzene rings is 3. The Hall–Kier alpha value is -0.542. The van der Waals surface area contributed by atoms with E-state index in [9.17, 15) is 8.42 Å². The van der Waals surface area contributed by atoms with E-state index >= 15 is 0 Å². The first-order valence-corrected chi connectivity index (χ1v) is 15.6. The number of hydrogen-bond donors (Lipinski definition) is 3. The first kappa shape index (κ1) is 49.2. The second-order valence-corrected chi connectivity index (χ2v) is 9.01. The van der Waals surface area contributed by atoms with Crippen LogP contribution in [0.5, 0.6) is 0 Å². The van der Waals surface area contributed by atoms with Crippen molar-refractivity contribution in [3.05, 3.63) is 66.7 Å². The number of fused-ring (bicyclic) bond motifs is 1. The van der Waals surface area contributed by atoms with Crippen molar-refractivity contribution in [3.63, 3.8) is 0 Å². The molecule has 0 saturated carbocycles. The Kier molecular flexibility index (Phi) is 38.6. The summed E-state index contributed by atoms with van der Waals surface area (Å²) in [6, 6.07) is 20.1. The van der Waals surface area contributed by atoms with Gasteiger partial charge < -0.3 is 9.11 Å². The van der Waals surface area contributed by atoms with Crippen molar-refractivity contribution in [2.24, 2.45) is 20.5 Å². The van der Waals surface area contributed by atoms with Gasteiger partial charge in [0.15, 0.2) is 0 Å². The Morgan fingerprint density at radius 1 is 0.675 bits per heavy atom. The molecular formula is C24H38N4O7S3Y2. The molecule has 0 aliphatic rings. The summed E-state index contributed by atoms with van der Waals surface area (Å²) in [6.45, 7) is 8.00. The Labute approximate surface area is 293 Å². The molecule has 220 valence electrons. The summed E-state index contributed by atoms with van der Waals surface area (Å²) in [4.78, 5) is -0.236. The fourth-order valence-corrected chi connectivity index (χ4v) is 2.84. The molecule has 11 nitrogen and oxygen atoms in total. The molecule has 0 aliphatic heterocycles. The molecule has 0 heterocycles. The van der Waals surface area contributed by atoms with Gasteiger partial charge >= 0.3 is 0 Å². The van der Waals surface area contributed by atoms with Gasteiger partial charge in [-0.25, -0.2) is 8.42 Å². The summed E-state index contributed by atoms with van der Waals surface area (Å²) in [5, 5.41) is 17.1. The van der Waals surface area contributed by atoms with Gasteiger partial charge in [0.05, 0.1) is 5.69 Å². The van der Waals surface area contributed by atoms with E-state index in [4.69, 9.17) is 22.1 Å². The minimum atomic E-state index is -4.21. The van der Waals surface area contributed by atoms with E-state index in [0.717, 1.165) is 5.69 Å². The Bertz CT molecular complexity index is 1240. The molecule has 40 heavy (non-hydrogen) atoms. The standard InChI is InChI=1S/C11H10N2.C7H8N2O3S.2C2H6.2CH4O2S.2Y/c1-12-13-11-7-6-9-4-2-3-5-10(9)8-11;1-8-9-6-4-2-3-5-7(6)13(10,11)12;2*1-2;2*1-4(2)3;;/h2-8H,1H3;2-5H,1H3,(H,10,11,12);2*1-2H3;2*1H3,(H,2,3);;. The van der Waals surface area contributed by atoms with Crippen molar-refractivity contribution in [1.82, 2.24) is 0 Å². The van der Waals surface area contributed by atoms with Gasteiger partial charge in [0, 0.05) is 92.0 Å². The molecule has 3 N–H and O–H groups in total. The molecule has 0 fully saturated rings. The van der Waals surface area contributed by atoms with Crippen molar-refractivity contribution in [2.75, 3.05) is 26.6 Å². The van der Waals surface area contributed by atoms with E-state index in [1.165, 1.54) is 48.5 Å². The number of hydrogen-bond acceptors (Lipinski definition) is 8. The normalized spacial score (nSPS) is 11.0. The van der Waals surface area contributed by atoms with Gasteiger partial charge in [-0.05, 0) is 35.0 Å². The van der Waals surface area contributed by atoms with Crippen molar-refractivity contribution in [3.8, 4) is 0 Å². The van der Waals surface area contributed by atoms with Crippen LogP contribution in [0.1, 0.15) is 27.7 Å². The molecule has 0 aliphatic carbocycles. The summed E-state index contributed by atoms with van der Waals surface area (Å²) >= 11 is -3.22. The summed E-state index contributed by atoms with van der Waals surface area (Å²) in [5.41, 5.74) is 1.04. The quantitative estimate of drug-likeness (QED) is 0.147. The molecule has 0 bridgehead atoms. The van der Waals surface area contributed by atoms with E-state index < -0.39 is 32.3 Å². The van der Waals surface area contributed by atoms with Crippen LogP contribution in [0.25, 0.3) is 10.8 Å². The number of azo groups is 2. The SMILES string of the molecule is CC.CC.CN=Nc1ccc2ccccc2c1.CN=Nc1ccccc1S(=O)(=O)O.CS(=O)O.CS(=O)O.[Y].[Y]. The van der Waals surface area contributed by atoms with Crippen molar-refractivity contribution in [2.45, 2.75) is 32.6 Å². The molecule has 0 aromatic heterocycles. The molecule has 16 heteroatoms. The molecule has 0 spiro atoms. The smallest absolute Gasteiger partial charge is 0.296 e. The van der Waals surface area contributed by atoms with Crippen molar-refractivity contribution >= 4 is 54.4 Å². The average Bonchev–Trinajstić information content (AvgIpc) is 2.86. The van der Waals surface area contributed by atoms with Gasteiger partial charge in [-0.3, -0.25) is 4.55 Å². The first-order chi connectivity index (χ1) is 17.9. The molecule has 2 atom stereocenters. The second-order valence-electron chi connectivity index (χ2n) is 5.92. The van der Waals surface area contributed by atoms with Crippen LogP contribution >= 0.6 is 0 Å². The predicted octanol–water partition coefficient (Wildman–Crippen LogP) is 6.92. The number of nitrogens with zero attached hydrogens (tertiary/aromatic N) is 4. The van der Waals surface area contributed by atoms with E-state index in [0.29, 0.717) is 0 Å². The van der Waals surface area contributed by atoms with Gasteiger partial charge in [-0.15, -0.1) is 0 Å². The number of rotatable bonds is 3.